The van der Waals surface area contributed by atoms with E-state index in [0.29, 0.717) is 0 Å². The van der Waals surface area contributed by atoms with E-state index < -0.39 is 23.7 Å². The summed E-state index contributed by atoms with van der Waals surface area (Å²) in [6.45, 7) is 3.17. The molecular weight excluding hydrogens is 162 g/mol. The van der Waals surface area contributed by atoms with Crippen LogP contribution in [0.25, 0.3) is 0 Å². The summed E-state index contributed by atoms with van der Waals surface area (Å²) in [4.78, 5) is 31.9. The van der Waals surface area contributed by atoms with E-state index in [9.17, 15) is 14.5 Å². The third-order valence-electron chi connectivity index (χ3n) is 1.37. The third kappa shape index (κ3) is 2.41. The van der Waals surface area contributed by atoms with E-state index in [4.69, 9.17) is 0 Å². The van der Waals surface area contributed by atoms with Crippen LogP contribution in [0.4, 0.5) is 0 Å². The molecule has 0 amide bonds. The van der Waals surface area contributed by atoms with Crippen LogP contribution in [0.1, 0.15) is 13.8 Å². The summed E-state index contributed by atoms with van der Waals surface area (Å²) in [6, 6.07) is -1.50. The Balaban J connectivity index is 4.45. The van der Waals surface area contributed by atoms with Crippen LogP contribution in [0.2, 0.25) is 0 Å². The third-order valence-corrected chi connectivity index (χ3v) is 1.37. The van der Waals surface area contributed by atoms with Gasteiger partial charge in [0.05, 0.1) is 7.11 Å². The molecule has 0 aromatic heterocycles. The van der Waals surface area contributed by atoms with Gasteiger partial charge < -0.3 is 4.74 Å². The summed E-state index contributed by atoms with van der Waals surface area (Å²) in [6.07, 6.45) is 0. The van der Waals surface area contributed by atoms with Crippen LogP contribution in [0, 0.1) is 10.8 Å². The molecule has 1 atom stereocenters. The zero-order valence-electron chi connectivity index (χ0n) is 7.23. The number of methoxy groups -OCH3 is 1. The van der Waals surface area contributed by atoms with Gasteiger partial charge in [-0.15, -0.1) is 4.91 Å². The molecule has 0 aliphatic carbocycles. The monoisotopic (exact) mass is 173 g/mol. The van der Waals surface area contributed by atoms with E-state index in [0.717, 1.165) is 7.11 Å². The standard InChI is InChI=1S/C7H11NO4/c1-4(2)6(9)5(8-11)7(10)12-3/h4-5H,1-3H3/t5-/m0/s1. The van der Waals surface area contributed by atoms with Gasteiger partial charge in [-0.2, -0.15) is 0 Å². The highest BCUT2D eigenvalue weighted by atomic mass is 16.5. The van der Waals surface area contributed by atoms with Gasteiger partial charge in [-0.1, -0.05) is 13.8 Å². The predicted molar refractivity (Wildman–Crippen MR) is 41.4 cm³/mol. The number of rotatable bonds is 4. The molecule has 0 aromatic rings. The van der Waals surface area contributed by atoms with Crippen molar-refractivity contribution in [2.24, 2.45) is 11.1 Å². The minimum Gasteiger partial charge on any atom is -0.467 e. The van der Waals surface area contributed by atoms with Crippen molar-refractivity contribution in [3.63, 3.8) is 0 Å². The number of hydrogen-bond acceptors (Lipinski definition) is 5. The molecule has 5 nitrogen and oxygen atoms in total. The van der Waals surface area contributed by atoms with E-state index in [1.807, 2.05) is 0 Å². The van der Waals surface area contributed by atoms with E-state index >= 15 is 0 Å². The van der Waals surface area contributed by atoms with Crippen molar-refractivity contribution in [1.29, 1.82) is 0 Å². The van der Waals surface area contributed by atoms with Crippen LogP contribution in [0.5, 0.6) is 0 Å². The van der Waals surface area contributed by atoms with Crippen molar-refractivity contribution in [1.82, 2.24) is 0 Å². The minimum absolute atomic E-state index is 0.396. The fraction of sp³-hybridized carbons (Fsp3) is 0.714. The second-order valence-electron chi connectivity index (χ2n) is 2.59. The topological polar surface area (TPSA) is 72.8 Å². The van der Waals surface area contributed by atoms with Crippen LogP contribution in [0.15, 0.2) is 5.18 Å². The Morgan fingerprint density at radius 1 is 1.33 bits per heavy atom. The van der Waals surface area contributed by atoms with Crippen molar-refractivity contribution in [3.05, 3.63) is 4.91 Å². The van der Waals surface area contributed by atoms with Gasteiger partial charge in [-0.3, -0.25) is 4.79 Å². The van der Waals surface area contributed by atoms with Crippen LogP contribution < -0.4 is 0 Å². The fourth-order valence-electron chi connectivity index (χ4n) is 0.639. The molecule has 0 heterocycles. The van der Waals surface area contributed by atoms with Gasteiger partial charge in [0.1, 0.15) is 0 Å². The highest BCUT2D eigenvalue weighted by Gasteiger charge is 2.30. The van der Waals surface area contributed by atoms with Crippen LogP contribution in [-0.4, -0.2) is 24.9 Å². The molecule has 0 saturated heterocycles. The molecule has 0 rings (SSSR count). The Kier molecular flexibility index (Phi) is 4.10. The molecule has 0 fully saturated rings. The first-order valence-electron chi connectivity index (χ1n) is 3.48. The second kappa shape index (κ2) is 4.58. The molecule has 0 N–H and O–H groups in total. The van der Waals surface area contributed by atoms with Gasteiger partial charge in [-0.05, 0) is 5.18 Å². The molecule has 0 radical (unpaired) electrons. The molecule has 0 bridgehead atoms. The largest absolute Gasteiger partial charge is 0.467 e. The number of Topliss-reactive ketones (excluding diaryl/α,β-unsaturated/α-hetero) is 1. The van der Waals surface area contributed by atoms with Crippen molar-refractivity contribution in [3.8, 4) is 0 Å². The molecule has 0 aliphatic heterocycles. The first kappa shape index (κ1) is 10.7. The number of ether oxygens (including phenoxy) is 1. The molecule has 12 heavy (non-hydrogen) atoms. The first-order chi connectivity index (χ1) is 5.54. The molecule has 0 unspecified atom stereocenters. The van der Waals surface area contributed by atoms with Crippen LogP contribution >= 0.6 is 0 Å². The average molecular weight is 173 g/mol. The zero-order chi connectivity index (χ0) is 9.72. The Hall–Kier alpha value is -1.26. The lowest BCUT2D eigenvalue weighted by atomic mass is 10.0. The summed E-state index contributed by atoms with van der Waals surface area (Å²) in [5.74, 6) is -1.81. The molecule has 0 spiro atoms. The van der Waals surface area contributed by atoms with Crippen molar-refractivity contribution >= 4 is 11.8 Å². The summed E-state index contributed by atoms with van der Waals surface area (Å²) in [5.41, 5.74) is 0. The summed E-state index contributed by atoms with van der Waals surface area (Å²) < 4.78 is 4.22. The van der Waals surface area contributed by atoms with Gasteiger partial charge in [0.25, 0.3) is 0 Å². The van der Waals surface area contributed by atoms with Crippen molar-refractivity contribution < 1.29 is 14.3 Å². The molecule has 0 aliphatic rings. The fourth-order valence-corrected chi connectivity index (χ4v) is 0.639. The SMILES string of the molecule is COC(=O)[C@@H](N=O)C(=O)C(C)C. The Labute approximate surface area is 70.1 Å². The zero-order valence-corrected chi connectivity index (χ0v) is 7.23. The number of esters is 1. The lowest BCUT2D eigenvalue weighted by Crippen LogP contribution is -2.32. The summed E-state index contributed by atoms with van der Waals surface area (Å²) in [7, 11) is 1.11. The van der Waals surface area contributed by atoms with E-state index in [-0.39, 0.29) is 0 Å². The van der Waals surface area contributed by atoms with Crippen LogP contribution in [0.3, 0.4) is 0 Å². The number of carbonyl (C=O) groups is 2. The van der Waals surface area contributed by atoms with E-state index in [1.54, 1.807) is 13.8 Å². The smallest absolute Gasteiger partial charge is 0.342 e. The Bertz CT molecular complexity index is 200. The van der Waals surface area contributed by atoms with E-state index in [2.05, 4.69) is 9.91 Å². The predicted octanol–water partition coefficient (Wildman–Crippen LogP) is 0.519. The van der Waals surface area contributed by atoms with Gasteiger partial charge >= 0.3 is 5.97 Å². The quantitative estimate of drug-likeness (QED) is 0.353. The lowest BCUT2D eigenvalue weighted by Gasteiger charge is -2.07. The van der Waals surface area contributed by atoms with Crippen molar-refractivity contribution in [2.45, 2.75) is 19.9 Å². The van der Waals surface area contributed by atoms with Gasteiger partial charge in [0, 0.05) is 5.92 Å². The maximum absolute atomic E-state index is 11.1. The Morgan fingerprint density at radius 2 is 1.83 bits per heavy atom. The van der Waals surface area contributed by atoms with Gasteiger partial charge in [-0.25, -0.2) is 4.79 Å². The Morgan fingerprint density at radius 3 is 2.08 bits per heavy atom. The highest BCUT2D eigenvalue weighted by molar-refractivity contribution is 6.04. The maximum Gasteiger partial charge on any atom is 0.342 e. The number of carbonyl (C=O) groups excluding carboxylic acids is 2. The number of nitroso groups, excluding NO2 is 1. The number of ketones is 1. The summed E-state index contributed by atoms with van der Waals surface area (Å²) >= 11 is 0. The second-order valence-corrected chi connectivity index (χ2v) is 2.59. The maximum atomic E-state index is 11.1. The first-order valence-corrected chi connectivity index (χ1v) is 3.48. The lowest BCUT2D eigenvalue weighted by molar-refractivity contribution is -0.146. The molecule has 0 saturated carbocycles. The van der Waals surface area contributed by atoms with E-state index in [1.165, 1.54) is 0 Å². The summed E-state index contributed by atoms with van der Waals surface area (Å²) in [5, 5.41) is 2.41. The van der Waals surface area contributed by atoms with Gasteiger partial charge in [0.2, 0.25) is 6.04 Å². The average Bonchev–Trinajstić information content (AvgIpc) is 2.05. The van der Waals surface area contributed by atoms with Gasteiger partial charge in [0.15, 0.2) is 5.78 Å². The van der Waals surface area contributed by atoms with Crippen LogP contribution in [-0.2, 0) is 14.3 Å². The molecule has 5 heteroatoms. The normalized spacial score (nSPS) is 12.3. The molecular formula is C7H11NO4. The number of hydrogen-bond donors (Lipinski definition) is 0. The molecule has 0 aromatic carbocycles. The minimum atomic E-state index is -1.50. The highest BCUT2D eigenvalue weighted by Crippen LogP contribution is 2.04. The number of nitrogens with zero attached hydrogens (tertiary/aromatic N) is 1. The van der Waals surface area contributed by atoms with Crippen molar-refractivity contribution in [2.75, 3.05) is 7.11 Å². The molecule has 68 valence electrons.